The lowest BCUT2D eigenvalue weighted by Gasteiger charge is -2.25. The van der Waals surface area contributed by atoms with Crippen molar-refractivity contribution < 1.29 is 18.3 Å². The van der Waals surface area contributed by atoms with Crippen molar-refractivity contribution in [2.75, 3.05) is 13.2 Å². The van der Waals surface area contributed by atoms with E-state index in [1.165, 1.54) is 12.1 Å². The second kappa shape index (κ2) is 8.32. The molecule has 1 unspecified atom stereocenters. The molecule has 1 aliphatic heterocycles. The number of halogens is 2. The van der Waals surface area contributed by atoms with E-state index in [0.29, 0.717) is 19.6 Å². The maximum Gasteiger partial charge on any atom is 0.290 e. The van der Waals surface area contributed by atoms with Crippen molar-refractivity contribution in [3.05, 3.63) is 79.9 Å². The SMILES string of the molecule is CC(C)OCCCN1C(=O)c2oc3ccc(F)cc3c(=O)c2C1c1ccc(Br)cc1. The van der Waals surface area contributed by atoms with Gasteiger partial charge in [0.1, 0.15) is 11.4 Å². The second-order valence-corrected chi connectivity index (χ2v) is 8.46. The highest BCUT2D eigenvalue weighted by molar-refractivity contribution is 9.10. The first-order valence-electron chi connectivity index (χ1n) is 9.81. The van der Waals surface area contributed by atoms with Crippen LogP contribution in [0.15, 0.2) is 56.1 Å². The Morgan fingerprint density at radius 1 is 1.17 bits per heavy atom. The van der Waals surface area contributed by atoms with Gasteiger partial charge >= 0.3 is 0 Å². The number of carbonyl (C=O) groups excluding carboxylic acids is 1. The van der Waals surface area contributed by atoms with E-state index in [4.69, 9.17) is 9.15 Å². The van der Waals surface area contributed by atoms with Gasteiger partial charge in [0.05, 0.1) is 23.1 Å². The number of ether oxygens (including phenoxy) is 1. The molecule has 1 amide bonds. The van der Waals surface area contributed by atoms with Crippen LogP contribution in [0.2, 0.25) is 0 Å². The van der Waals surface area contributed by atoms with Crippen molar-refractivity contribution in [3.63, 3.8) is 0 Å². The van der Waals surface area contributed by atoms with Crippen molar-refractivity contribution in [2.45, 2.75) is 32.4 Å². The quantitative estimate of drug-likeness (QED) is 0.469. The van der Waals surface area contributed by atoms with Crippen LogP contribution in [0.3, 0.4) is 0 Å². The highest BCUT2D eigenvalue weighted by Gasteiger charge is 2.42. The normalized spacial score (nSPS) is 16.0. The van der Waals surface area contributed by atoms with Crippen molar-refractivity contribution in [1.82, 2.24) is 4.90 Å². The van der Waals surface area contributed by atoms with E-state index >= 15 is 0 Å². The molecular weight excluding hydrogens is 453 g/mol. The molecule has 30 heavy (non-hydrogen) atoms. The summed E-state index contributed by atoms with van der Waals surface area (Å²) in [4.78, 5) is 28.1. The van der Waals surface area contributed by atoms with Gasteiger partial charge in [-0.2, -0.15) is 0 Å². The van der Waals surface area contributed by atoms with E-state index < -0.39 is 11.9 Å². The van der Waals surface area contributed by atoms with Crippen LogP contribution in [-0.2, 0) is 4.74 Å². The van der Waals surface area contributed by atoms with E-state index in [1.807, 2.05) is 38.1 Å². The monoisotopic (exact) mass is 473 g/mol. The largest absolute Gasteiger partial charge is 0.450 e. The summed E-state index contributed by atoms with van der Waals surface area (Å²) in [6.45, 7) is 4.81. The fraction of sp³-hybridized carbons (Fsp3) is 0.304. The van der Waals surface area contributed by atoms with Gasteiger partial charge in [0.25, 0.3) is 5.91 Å². The van der Waals surface area contributed by atoms with Gasteiger partial charge in [-0.05, 0) is 56.2 Å². The van der Waals surface area contributed by atoms with Crippen LogP contribution in [0, 0.1) is 5.82 Å². The van der Waals surface area contributed by atoms with E-state index in [2.05, 4.69) is 15.9 Å². The molecule has 0 saturated heterocycles. The van der Waals surface area contributed by atoms with Gasteiger partial charge in [0.15, 0.2) is 5.43 Å². The van der Waals surface area contributed by atoms with Gasteiger partial charge in [-0.25, -0.2) is 4.39 Å². The summed E-state index contributed by atoms with van der Waals surface area (Å²) in [5.41, 5.74) is 0.865. The number of amides is 1. The molecule has 1 atom stereocenters. The molecule has 0 spiro atoms. The van der Waals surface area contributed by atoms with E-state index in [9.17, 15) is 14.0 Å². The maximum absolute atomic E-state index is 13.8. The highest BCUT2D eigenvalue weighted by Crippen LogP contribution is 2.38. The molecule has 156 valence electrons. The minimum Gasteiger partial charge on any atom is -0.450 e. The molecule has 2 aromatic carbocycles. The van der Waals surface area contributed by atoms with Gasteiger partial charge < -0.3 is 14.1 Å². The Morgan fingerprint density at radius 3 is 2.60 bits per heavy atom. The van der Waals surface area contributed by atoms with E-state index in [1.54, 1.807) is 4.90 Å². The van der Waals surface area contributed by atoms with Crippen molar-refractivity contribution in [3.8, 4) is 0 Å². The van der Waals surface area contributed by atoms with E-state index in [0.717, 1.165) is 16.1 Å². The summed E-state index contributed by atoms with van der Waals surface area (Å²) in [6, 6.07) is 10.6. The Labute approximate surface area is 181 Å². The molecule has 1 aliphatic rings. The molecule has 0 aliphatic carbocycles. The van der Waals surface area contributed by atoms with Crippen molar-refractivity contribution in [2.24, 2.45) is 0 Å². The lowest BCUT2D eigenvalue weighted by Crippen LogP contribution is -2.31. The third-order valence-corrected chi connectivity index (χ3v) is 5.64. The van der Waals surface area contributed by atoms with Crippen molar-refractivity contribution >= 4 is 32.8 Å². The lowest BCUT2D eigenvalue weighted by molar-refractivity contribution is 0.0593. The van der Waals surface area contributed by atoms with E-state index in [-0.39, 0.29) is 39.7 Å². The minimum absolute atomic E-state index is 0.0248. The van der Waals surface area contributed by atoms with Crippen LogP contribution in [0.1, 0.15) is 48.0 Å². The van der Waals surface area contributed by atoms with Crippen LogP contribution in [0.25, 0.3) is 11.0 Å². The first-order valence-corrected chi connectivity index (χ1v) is 10.6. The van der Waals surface area contributed by atoms with Gasteiger partial charge in [-0.3, -0.25) is 9.59 Å². The third-order valence-electron chi connectivity index (χ3n) is 5.11. The smallest absolute Gasteiger partial charge is 0.290 e. The second-order valence-electron chi connectivity index (χ2n) is 7.54. The molecule has 0 bridgehead atoms. The number of nitrogens with zero attached hydrogens (tertiary/aromatic N) is 1. The van der Waals surface area contributed by atoms with Gasteiger partial charge in [0, 0.05) is 17.6 Å². The average Bonchev–Trinajstić information content (AvgIpc) is 2.99. The summed E-state index contributed by atoms with van der Waals surface area (Å²) >= 11 is 3.41. The van der Waals surface area contributed by atoms with Crippen LogP contribution in [0.4, 0.5) is 4.39 Å². The molecule has 5 nitrogen and oxygen atoms in total. The number of rotatable bonds is 6. The molecule has 7 heteroatoms. The first kappa shape index (κ1) is 20.8. The fourth-order valence-electron chi connectivity index (χ4n) is 3.77. The van der Waals surface area contributed by atoms with Gasteiger partial charge in [-0.1, -0.05) is 28.1 Å². The molecular formula is C23H21BrFNO4. The number of hydrogen-bond donors (Lipinski definition) is 0. The van der Waals surface area contributed by atoms with Crippen LogP contribution in [0.5, 0.6) is 0 Å². The summed E-state index contributed by atoms with van der Waals surface area (Å²) in [7, 11) is 0. The standard InChI is InChI=1S/C23H21BrFNO4/c1-13(2)29-11-3-10-26-20(14-4-6-15(24)7-5-14)19-21(27)17-12-16(25)8-9-18(17)30-22(19)23(26)28/h4-9,12-13,20H,3,10-11H2,1-2H3. The number of carbonyl (C=O) groups is 1. The fourth-order valence-corrected chi connectivity index (χ4v) is 4.03. The molecule has 0 N–H and O–H groups in total. The Balaban J connectivity index is 1.81. The summed E-state index contributed by atoms with van der Waals surface area (Å²) in [6.07, 6.45) is 0.718. The molecule has 0 fully saturated rings. The predicted molar refractivity (Wildman–Crippen MR) is 115 cm³/mol. The summed E-state index contributed by atoms with van der Waals surface area (Å²) in [5.74, 6) is -0.843. The Hall–Kier alpha value is -2.51. The molecule has 0 radical (unpaired) electrons. The predicted octanol–water partition coefficient (Wildman–Crippen LogP) is 5.05. The zero-order valence-corrected chi connectivity index (χ0v) is 18.2. The van der Waals surface area contributed by atoms with Gasteiger partial charge in [-0.15, -0.1) is 0 Å². The average molecular weight is 474 g/mol. The molecule has 2 heterocycles. The van der Waals surface area contributed by atoms with Crippen LogP contribution >= 0.6 is 15.9 Å². The molecule has 3 aromatic rings. The minimum atomic E-state index is -0.594. The maximum atomic E-state index is 13.8. The number of hydrogen-bond acceptors (Lipinski definition) is 4. The Kier molecular flexibility index (Phi) is 5.75. The van der Waals surface area contributed by atoms with Gasteiger partial charge in [0.2, 0.25) is 5.76 Å². The lowest BCUT2D eigenvalue weighted by atomic mass is 9.98. The zero-order chi connectivity index (χ0) is 21.4. The molecule has 0 saturated carbocycles. The van der Waals surface area contributed by atoms with Crippen LogP contribution < -0.4 is 5.43 Å². The molecule has 1 aromatic heterocycles. The molecule has 4 rings (SSSR count). The third kappa shape index (κ3) is 3.79. The number of benzene rings is 2. The Bertz CT molecular complexity index is 1160. The highest BCUT2D eigenvalue weighted by atomic mass is 79.9. The van der Waals surface area contributed by atoms with Crippen LogP contribution in [-0.4, -0.2) is 30.1 Å². The number of fused-ring (bicyclic) bond motifs is 2. The topological polar surface area (TPSA) is 59.8 Å². The summed E-state index contributed by atoms with van der Waals surface area (Å²) in [5, 5.41) is 0.133. The van der Waals surface area contributed by atoms with Crippen molar-refractivity contribution in [1.29, 1.82) is 0 Å². The zero-order valence-electron chi connectivity index (χ0n) is 16.7. The summed E-state index contributed by atoms with van der Waals surface area (Å²) < 4.78 is 26.1. The Morgan fingerprint density at radius 2 is 1.90 bits per heavy atom. The first-order chi connectivity index (χ1) is 14.4.